The Morgan fingerprint density at radius 2 is 2.13 bits per heavy atom. The summed E-state index contributed by atoms with van der Waals surface area (Å²) < 4.78 is 0. The lowest BCUT2D eigenvalue weighted by atomic mass is 10.1. The zero-order chi connectivity index (χ0) is 11.4. The topological polar surface area (TPSA) is 35.6 Å². The molecule has 88 valence electrons. The van der Waals surface area contributed by atoms with E-state index in [-0.39, 0.29) is 11.8 Å². The smallest absolute Gasteiger partial charge is 0.225 e. The molecule has 0 aromatic carbocycles. The van der Waals surface area contributed by atoms with E-state index < -0.39 is 0 Å². The summed E-state index contributed by atoms with van der Waals surface area (Å²) in [7, 11) is 4.05. The van der Waals surface area contributed by atoms with Crippen LogP contribution in [0.4, 0.5) is 0 Å². The Balaban J connectivity index is 2.63. The van der Waals surface area contributed by atoms with Crippen molar-refractivity contribution in [3.05, 3.63) is 0 Å². The lowest BCUT2D eigenvalue weighted by Crippen LogP contribution is -2.57. The van der Waals surface area contributed by atoms with Crippen LogP contribution in [-0.2, 0) is 4.79 Å². The second-order valence-corrected chi connectivity index (χ2v) is 4.66. The van der Waals surface area contributed by atoms with Gasteiger partial charge in [-0.3, -0.25) is 4.79 Å². The summed E-state index contributed by atoms with van der Waals surface area (Å²) in [5, 5.41) is 3.16. The molecule has 1 heterocycles. The molecule has 1 fully saturated rings. The van der Waals surface area contributed by atoms with E-state index in [1.807, 2.05) is 25.8 Å². The van der Waals surface area contributed by atoms with Crippen molar-refractivity contribution < 1.29 is 4.79 Å². The zero-order valence-corrected chi connectivity index (χ0v) is 10.3. The molecule has 1 aliphatic heterocycles. The summed E-state index contributed by atoms with van der Waals surface area (Å²) in [4.78, 5) is 16.3. The van der Waals surface area contributed by atoms with Gasteiger partial charge in [0.1, 0.15) is 0 Å². The minimum Gasteiger partial charge on any atom is -0.336 e. The highest BCUT2D eigenvalue weighted by Gasteiger charge is 2.29. The van der Waals surface area contributed by atoms with Crippen LogP contribution in [0.15, 0.2) is 0 Å². The first-order valence-electron chi connectivity index (χ1n) is 5.70. The summed E-state index contributed by atoms with van der Waals surface area (Å²) in [5.74, 6) is 0.385. The maximum absolute atomic E-state index is 12.0. The molecular weight excluding hydrogens is 190 g/mol. The molecule has 1 aliphatic rings. The van der Waals surface area contributed by atoms with Gasteiger partial charge in [0.25, 0.3) is 0 Å². The van der Waals surface area contributed by atoms with Crippen molar-refractivity contribution in [3.8, 4) is 0 Å². The molecule has 0 saturated carbocycles. The molecule has 0 aliphatic carbocycles. The highest BCUT2D eigenvalue weighted by atomic mass is 16.2. The first-order chi connectivity index (χ1) is 7.06. The van der Waals surface area contributed by atoms with Gasteiger partial charge >= 0.3 is 0 Å². The van der Waals surface area contributed by atoms with Crippen LogP contribution in [0, 0.1) is 5.92 Å². The Bertz CT molecular complexity index is 218. The standard InChI is InChI=1S/C11H23N3O/c1-9(2)11(15)14-6-5-13(4)8-10(14)7-12-3/h9-10,12H,5-8H2,1-4H3. The van der Waals surface area contributed by atoms with E-state index >= 15 is 0 Å². The number of piperazine rings is 1. The Kier molecular flexibility index (Phi) is 4.54. The second-order valence-electron chi connectivity index (χ2n) is 4.66. The van der Waals surface area contributed by atoms with E-state index in [1.165, 1.54) is 0 Å². The van der Waals surface area contributed by atoms with E-state index in [4.69, 9.17) is 0 Å². The van der Waals surface area contributed by atoms with E-state index in [0.717, 1.165) is 26.2 Å². The number of amides is 1. The van der Waals surface area contributed by atoms with Crippen molar-refractivity contribution in [2.24, 2.45) is 5.92 Å². The Morgan fingerprint density at radius 3 is 2.67 bits per heavy atom. The maximum Gasteiger partial charge on any atom is 0.225 e. The van der Waals surface area contributed by atoms with E-state index in [9.17, 15) is 4.79 Å². The fourth-order valence-corrected chi connectivity index (χ4v) is 2.04. The molecule has 1 rings (SSSR count). The van der Waals surface area contributed by atoms with Gasteiger partial charge in [0.2, 0.25) is 5.91 Å². The second kappa shape index (κ2) is 5.47. The highest BCUT2D eigenvalue weighted by molar-refractivity contribution is 5.78. The number of nitrogens with one attached hydrogen (secondary N) is 1. The molecule has 0 spiro atoms. The summed E-state index contributed by atoms with van der Waals surface area (Å²) in [6.45, 7) is 7.63. The highest BCUT2D eigenvalue weighted by Crippen LogP contribution is 2.11. The summed E-state index contributed by atoms with van der Waals surface area (Å²) >= 11 is 0. The molecule has 4 nitrogen and oxygen atoms in total. The Morgan fingerprint density at radius 1 is 1.47 bits per heavy atom. The Hall–Kier alpha value is -0.610. The zero-order valence-electron chi connectivity index (χ0n) is 10.3. The predicted octanol–water partition coefficient (Wildman–Crippen LogP) is 0.00440. The van der Waals surface area contributed by atoms with Gasteiger partial charge in [-0.2, -0.15) is 0 Å². The average Bonchev–Trinajstić information content (AvgIpc) is 2.17. The summed E-state index contributed by atoms with van der Waals surface area (Å²) in [6.07, 6.45) is 0. The van der Waals surface area contributed by atoms with Crippen molar-refractivity contribution >= 4 is 5.91 Å². The van der Waals surface area contributed by atoms with Gasteiger partial charge in [0, 0.05) is 32.1 Å². The van der Waals surface area contributed by atoms with Crippen LogP contribution in [0.1, 0.15) is 13.8 Å². The molecule has 4 heteroatoms. The first kappa shape index (κ1) is 12.5. The third-order valence-electron chi connectivity index (χ3n) is 2.90. The average molecular weight is 213 g/mol. The lowest BCUT2D eigenvalue weighted by molar-refractivity contribution is -0.139. The Labute approximate surface area is 92.6 Å². The lowest BCUT2D eigenvalue weighted by Gasteiger charge is -2.40. The monoisotopic (exact) mass is 213 g/mol. The quantitative estimate of drug-likeness (QED) is 0.717. The van der Waals surface area contributed by atoms with Crippen LogP contribution in [0.3, 0.4) is 0 Å². The van der Waals surface area contributed by atoms with E-state index in [0.29, 0.717) is 6.04 Å². The minimum atomic E-state index is 0.104. The number of carbonyl (C=O) groups is 1. The molecule has 1 N–H and O–H groups in total. The van der Waals surface area contributed by atoms with Gasteiger partial charge in [0.15, 0.2) is 0 Å². The van der Waals surface area contributed by atoms with Gasteiger partial charge in [-0.25, -0.2) is 0 Å². The largest absolute Gasteiger partial charge is 0.336 e. The molecule has 0 radical (unpaired) electrons. The van der Waals surface area contributed by atoms with Crippen LogP contribution in [-0.4, -0.2) is 62.0 Å². The number of carbonyl (C=O) groups excluding carboxylic acids is 1. The SMILES string of the molecule is CNCC1CN(C)CCN1C(=O)C(C)C. The predicted molar refractivity (Wildman–Crippen MR) is 61.8 cm³/mol. The van der Waals surface area contributed by atoms with Crippen LogP contribution in [0.5, 0.6) is 0 Å². The molecule has 1 atom stereocenters. The van der Waals surface area contributed by atoms with Crippen molar-refractivity contribution in [2.75, 3.05) is 40.3 Å². The van der Waals surface area contributed by atoms with Gasteiger partial charge in [0.05, 0.1) is 6.04 Å². The molecule has 1 unspecified atom stereocenters. The van der Waals surface area contributed by atoms with Crippen molar-refractivity contribution in [3.63, 3.8) is 0 Å². The molecule has 1 amide bonds. The van der Waals surface area contributed by atoms with Crippen molar-refractivity contribution in [1.29, 1.82) is 0 Å². The maximum atomic E-state index is 12.0. The van der Waals surface area contributed by atoms with Gasteiger partial charge in [-0.15, -0.1) is 0 Å². The fourth-order valence-electron chi connectivity index (χ4n) is 2.04. The summed E-state index contributed by atoms with van der Waals surface area (Å²) in [5.41, 5.74) is 0. The third kappa shape index (κ3) is 3.18. The van der Waals surface area contributed by atoms with Crippen molar-refractivity contribution in [2.45, 2.75) is 19.9 Å². The van der Waals surface area contributed by atoms with Crippen molar-refractivity contribution in [1.82, 2.24) is 15.1 Å². The van der Waals surface area contributed by atoms with E-state index in [1.54, 1.807) is 0 Å². The molecule has 0 aromatic heterocycles. The number of hydrogen-bond donors (Lipinski definition) is 1. The molecule has 0 aromatic rings. The molecule has 1 saturated heterocycles. The minimum absolute atomic E-state index is 0.104. The normalized spacial score (nSPS) is 23.5. The van der Waals surface area contributed by atoms with Crippen LogP contribution in [0.2, 0.25) is 0 Å². The van der Waals surface area contributed by atoms with Crippen LogP contribution >= 0.6 is 0 Å². The molecular formula is C11H23N3O. The fraction of sp³-hybridized carbons (Fsp3) is 0.909. The third-order valence-corrected chi connectivity index (χ3v) is 2.90. The summed E-state index contributed by atoms with van der Waals surface area (Å²) in [6, 6.07) is 0.323. The van der Waals surface area contributed by atoms with Crippen LogP contribution in [0.25, 0.3) is 0 Å². The van der Waals surface area contributed by atoms with Crippen LogP contribution < -0.4 is 5.32 Å². The first-order valence-corrected chi connectivity index (χ1v) is 5.70. The van der Waals surface area contributed by atoms with Gasteiger partial charge < -0.3 is 15.1 Å². The number of likely N-dealkylation sites (N-methyl/N-ethyl adjacent to an activating group) is 2. The van der Waals surface area contributed by atoms with Gasteiger partial charge in [-0.1, -0.05) is 13.8 Å². The molecule has 15 heavy (non-hydrogen) atoms. The number of hydrogen-bond acceptors (Lipinski definition) is 3. The number of nitrogens with zero attached hydrogens (tertiary/aromatic N) is 2. The van der Waals surface area contributed by atoms with Gasteiger partial charge in [-0.05, 0) is 14.1 Å². The van der Waals surface area contributed by atoms with E-state index in [2.05, 4.69) is 17.3 Å². The molecule has 0 bridgehead atoms. The number of rotatable bonds is 3.